The van der Waals surface area contributed by atoms with E-state index in [0.717, 1.165) is 18.2 Å². The van der Waals surface area contributed by atoms with Crippen molar-refractivity contribution in [1.82, 2.24) is 0 Å². The van der Waals surface area contributed by atoms with Crippen molar-refractivity contribution < 1.29 is 22.0 Å². The summed E-state index contributed by atoms with van der Waals surface area (Å²) < 4.78 is 61.9. The van der Waals surface area contributed by atoms with E-state index < -0.39 is 35.8 Å². The van der Waals surface area contributed by atoms with Crippen molar-refractivity contribution >= 4 is 12.4 Å². The van der Waals surface area contributed by atoms with Gasteiger partial charge in [-0.05, 0) is 0 Å². The topological polar surface area (TPSA) is 26.0 Å². The van der Waals surface area contributed by atoms with E-state index in [1.54, 1.807) is 0 Å². The van der Waals surface area contributed by atoms with E-state index in [1.807, 2.05) is 0 Å². The number of alkyl halides is 4. The van der Waals surface area contributed by atoms with Crippen LogP contribution in [0.4, 0.5) is 22.0 Å². The van der Waals surface area contributed by atoms with Crippen LogP contribution in [0.3, 0.4) is 0 Å². The third-order valence-corrected chi connectivity index (χ3v) is 1.92. The highest BCUT2D eigenvalue weighted by Crippen LogP contribution is 2.28. The van der Waals surface area contributed by atoms with E-state index in [-0.39, 0.29) is 12.4 Å². The zero-order chi connectivity index (χ0) is 11.6. The quantitative estimate of drug-likeness (QED) is 0.829. The first-order valence-electron chi connectivity index (χ1n) is 4.05. The highest BCUT2D eigenvalue weighted by atomic mass is 35.5. The molecule has 0 aliphatic rings. The standard InChI is InChI=1S/C9H8F5N.ClH/c10-6-4(7(15)9(13)14)2-1-3-5(6)8(11)12;/h1-3,7-9H,15H2;1H. The van der Waals surface area contributed by atoms with E-state index in [2.05, 4.69) is 0 Å². The van der Waals surface area contributed by atoms with Crippen molar-refractivity contribution in [3.63, 3.8) is 0 Å². The molecule has 92 valence electrons. The van der Waals surface area contributed by atoms with Crippen molar-refractivity contribution in [2.75, 3.05) is 0 Å². The second-order valence-corrected chi connectivity index (χ2v) is 2.91. The largest absolute Gasteiger partial charge is 0.319 e. The van der Waals surface area contributed by atoms with Crippen LogP contribution in [0.5, 0.6) is 0 Å². The summed E-state index contributed by atoms with van der Waals surface area (Å²) >= 11 is 0. The van der Waals surface area contributed by atoms with Gasteiger partial charge in [-0.2, -0.15) is 0 Å². The lowest BCUT2D eigenvalue weighted by atomic mass is 10.0. The predicted molar refractivity (Wildman–Crippen MR) is 51.5 cm³/mol. The Morgan fingerprint density at radius 1 is 1.00 bits per heavy atom. The zero-order valence-electron chi connectivity index (χ0n) is 7.84. The molecule has 1 nitrogen and oxygen atoms in total. The van der Waals surface area contributed by atoms with Gasteiger partial charge in [0, 0.05) is 5.56 Å². The molecule has 0 saturated heterocycles. The molecule has 0 aliphatic carbocycles. The smallest absolute Gasteiger partial charge is 0.266 e. The van der Waals surface area contributed by atoms with Gasteiger partial charge >= 0.3 is 0 Å². The Kier molecular flexibility index (Phi) is 5.67. The molecule has 0 aromatic heterocycles. The molecule has 1 rings (SSSR count). The molecule has 2 N–H and O–H groups in total. The van der Waals surface area contributed by atoms with Gasteiger partial charge in [0.15, 0.2) is 0 Å². The van der Waals surface area contributed by atoms with Gasteiger partial charge in [-0.15, -0.1) is 12.4 Å². The fourth-order valence-electron chi connectivity index (χ4n) is 1.13. The Morgan fingerprint density at radius 2 is 1.50 bits per heavy atom. The number of nitrogens with two attached hydrogens (primary N) is 1. The van der Waals surface area contributed by atoms with E-state index in [9.17, 15) is 22.0 Å². The summed E-state index contributed by atoms with van der Waals surface area (Å²) in [6.07, 6.45) is -6.04. The zero-order valence-corrected chi connectivity index (χ0v) is 8.66. The van der Waals surface area contributed by atoms with Crippen molar-refractivity contribution in [1.29, 1.82) is 0 Å². The Labute approximate surface area is 94.8 Å². The summed E-state index contributed by atoms with van der Waals surface area (Å²) in [6.45, 7) is 0. The summed E-state index contributed by atoms with van der Waals surface area (Å²) in [6, 6.07) is 0.991. The van der Waals surface area contributed by atoms with Gasteiger partial charge in [0.25, 0.3) is 12.9 Å². The van der Waals surface area contributed by atoms with Gasteiger partial charge < -0.3 is 5.73 Å². The first kappa shape index (κ1) is 15.1. The van der Waals surface area contributed by atoms with Gasteiger partial charge in [0.2, 0.25) is 0 Å². The average molecular weight is 262 g/mol. The molecule has 0 fully saturated rings. The Balaban J connectivity index is 0.00000225. The second kappa shape index (κ2) is 6.00. The fourth-order valence-corrected chi connectivity index (χ4v) is 1.13. The molecule has 0 radical (unpaired) electrons. The van der Waals surface area contributed by atoms with E-state index in [1.165, 1.54) is 0 Å². The minimum Gasteiger partial charge on any atom is -0.319 e. The maximum Gasteiger partial charge on any atom is 0.266 e. The minimum atomic E-state index is -3.05. The summed E-state index contributed by atoms with van der Waals surface area (Å²) in [5, 5.41) is 0. The van der Waals surface area contributed by atoms with E-state index in [0.29, 0.717) is 0 Å². The van der Waals surface area contributed by atoms with Gasteiger partial charge in [-0.1, -0.05) is 18.2 Å². The molecule has 0 aliphatic heterocycles. The monoisotopic (exact) mass is 261 g/mol. The number of benzene rings is 1. The van der Waals surface area contributed by atoms with E-state index in [4.69, 9.17) is 5.73 Å². The maximum absolute atomic E-state index is 13.2. The SMILES string of the molecule is Cl.NC(c1cccc(C(F)F)c1F)C(F)F. The minimum absolute atomic E-state index is 0. The molecule has 0 saturated carbocycles. The average Bonchev–Trinajstić information content (AvgIpc) is 2.16. The maximum atomic E-state index is 13.2. The van der Waals surface area contributed by atoms with Crippen LogP contribution < -0.4 is 5.73 Å². The van der Waals surface area contributed by atoms with Crippen LogP contribution in [0, 0.1) is 5.82 Å². The Bertz CT molecular complexity index is 345. The van der Waals surface area contributed by atoms with Crippen molar-refractivity contribution in [3.05, 3.63) is 35.1 Å². The third kappa shape index (κ3) is 3.05. The molecule has 1 aromatic rings. The van der Waals surface area contributed by atoms with Crippen LogP contribution in [0.1, 0.15) is 23.6 Å². The molecule has 1 unspecified atom stereocenters. The number of hydrogen-bond acceptors (Lipinski definition) is 1. The highest BCUT2D eigenvalue weighted by molar-refractivity contribution is 5.85. The van der Waals surface area contributed by atoms with Gasteiger partial charge in [0.1, 0.15) is 5.82 Å². The highest BCUT2D eigenvalue weighted by Gasteiger charge is 2.24. The molecular weight excluding hydrogens is 253 g/mol. The Hall–Kier alpha value is -0.880. The number of hydrogen-bond donors (Lipinski definition) is 1. The molecule has 0 bridgehead atoms. The Morgan fingerprint density at radius 3 is 1.94 bits per heavy atom. The second-order valence-electron chi connectivity index (χ2n) is 2.91. The van der Waals surface area contributed by atoms with Crippen molar-refractivity contribution in [2.24, 2.45) is 5.73 Å². The molecule has 0 amide bonds. The van der Waals surface area contributed by atoms with Crippen LogP contribution >= 0.6 is 12.4 Å². The predicted octanol–water partition coefficient (Wildman–Crippen LogP) is 3.45. The van der Waals surface area contributed by atoms with Crippen LogP contribution in [0.25, 0.3) is 0 Å². The first-order chi connectivity index (χ1) is 6.95. The van der Waals surface area contributed by atoms with Gasteiger partial charge in [0.05, 0.1) is 11.6 Å². The molecule has 1 atom stereocenters. The fraction of sp³-hybridized carbons (Fsp3) is 0.333. The molecule has 0 spiro atoms. The summed E-state index contributed by atoms with van der Waals surface area (Å²) in [5.41, 5.74) is 3.46. The molecule has 7 heteroatoms. The van der Waals surface area contributed by atoms with Crippen LogP contribution in [0.2, 0.25) is 0 Å². The third-order valence-electron chi connectivity index (χ3n) is 1.92. The summed E-state index contributed by atoms with van der Waals surface area (Å²) in [4.78, 5) is 0. The van der Waals surface area contributed by atoms with E-state index >= 15 is 0 Å². The lowest BCUT2D eigenvalue weighted by Crippen LogP contribution is -2.20. The number of rotatable bonds is 3. The van der Waals surface area contributed by atoms with Crippen molar-refractivity contribution in [3.8, 4) is 0 Å². The van der Waals surface area contributed by atoms with Gasteiger partial charge in [-0.25, -0.2) is 22.0 Å². The van der Waals surface area contributed by atoms with Crippen molar-refractivity contribution in [2.45, 2.75) is 18.9 Å². The lowest BCUT2D eigenvalue weighted by molar-refractivity contribution is 0.113. The van der Waals surface area contributed by atoms with Crippen LogP contribution in [-0.4, -0.2) is 6.43 Å². The number of halogens is 6. The lowest BCUT2D eigenvalue weighted by Gasteiger charge is -2.13. The molecule has 1 aromatic carbocycles. The van der Waals surface area contributed by atoms with Crippen LogP contribution in [0.15, 0.2) is 18.2 Å². The molecule has 0 heterocycles. The molecular formula is C9H9ClF5N. The normalized spacial score (nSPS) is 12.8. The summed E-state index contributed by atoms with van der Waals surface area (Å²) in [7, 11) is 0. The first-order valence-corrected chi connectivity index (χ1v) is 4.05. The van der Waals surface area contributed by atoms with Gasteiger partial charge in [-0.3, -0.25) is 0 Å². The van der Waals surface area contributed by atoms with Crippen LogP contribution in [-0.2, 0) is 0 Å². The molecule has 16 heavy (non-hydrogen) atoms. The summed E-state index contributed by atoms with van der Waals surface area (Å²) in [5.74, 6) is -1.36.